The summed E-state index contributed by atoms with van der Waals surface area (Å²) in [6.07, 6.45) is 2.50. The van der Waals surface area contributed by atoms with Crippen LogP contribution in [-0.4, -0.2) is 38.9 Å². The number of nitrogens with one attached hydrogen (secondary N) is 1. The van der Waals surface area contributed by atoms with Gasteiger partial charge in [-0.3, -0.25) is 4.79 Å². The second kappa shape index (κ2) is 6.58. The largest absolute Gasteiger partial charge is 0.341 e. The van der Waals surface area contributed by atoms with Gasteiger partial charge in [0.05, 0.1) is 4.90 Å². The lowest BCUT2D eigenvalue weighted by Gasteiger charge is -2.26. The van der Waals surface area contributed by atoms with Crippen LogP contribution in [0, 0.1) is 13.8 Å². The van der Waals surface area contributed by atoms with E-state index in [4.69, 9.17) is 0 Å². The van der Waals surface area contributed by atoms with Crippen molar-refractivity contribution in [2.75, 3.05) is 19.6 Å². The van der Waals surface area contributed by atoms with Crippen LogP contribution in [0.3, 0.4) is 0 Å². The number of rotatable bonds is 5. The number of sulfonamides is 1. The van der Waals surface area contributed by atoms with Crippen LogP contribution in [0.25, 0.3) is 0 Å². The molecule has 6 heteroatoms. The lowest BCUT2D eigenvalue weighted by molar-refractivity contribution is -0.133. The summed E-state index contributed by atoms with van der Waals surface area (Å²) in [6.45, 7) is 5.25. The molecule has 116 valence electrons. The van der Waals surface area contributed by atoms with E-state index in [1.54, 1.807) is 23.1 Å². The zero-order valence-corrected chi connectivity index (χ0v) is 13.4. The zero-order chi connectivity index (χ0) is 15.5. The van der Waals surface area contributed by atoms with Crippen molar-refractivity contribution >= 4 is 15.9 Å². The quantitative estimate of drug-likeness (QED) is 0.898. The highest BCUT2D eigenvalue weighted by Gasteiger charge is 2.19. The van der Waals surface area contributed by atoms with Gasteiger partial charge in [0.1, 0.15) is 0 Å². The molecule has 21 heavy (non-hydrogen) atoms. The number of carbonyl (C=O) groups is 1. The third kappa shape index (κ3) is 4.04. The van der Waals surface area contributed by atoms with Gasteiger partial charge >= 0.3 is 0 Å². The number of piperidine rings is 1. The van der Waals surface area contributed by atoms with Gasteiger partial charge in [-0.25, -0.2) is 13.1 Å². The fraction of sp³-hybridized carbons (Fsp3) is 0.533. The van der Waals surface area contributed by atoms with Gasteiger partial charge in [-0.1, -0.05) is 6.07 Å². The van der Waals surface area contributed by atoms with Gasteiger partial charge in [-0.15, -0.1) is 0 Å². The van der Waals surface area contributed by atoms with E-state index in [1.165, 1.54) is 0 Å². The summed E-state index contributed by atoms with van der Waals surface area (Å²) in [6, 6.07) is 5.08. The Labute approximate surface area is 126 Å². The lowest BCUT2D eigenvalue weighted by atomic mass is 10.1. The number of amides is 1. The molecular weight excluding hydrogens is 288 g/mol. The van der Waals surface area contributed by atoms with Crippen LogP contribution in [0.15, 0.2) is 23.1 Å². The SMILES string of the molecule is Cc1ccc(S(=O)(=O)NCCN2CCCCC2=O)cc1C. The molecule has 0 aliphatic carbocycles. The Bertz CT molecular complexity index is 626. The molecule has 1 amide bonds. The third-order valence-corrected chi connectivity index (χ3v) is 5.34. The first-order chi connectivity index (χ1) is 9.90. The van der Waals surface area contributed by atoms with E-state index in [9.17, 15) is 13.2 Å². The minimum Gasteiger partial charge on any atom is -0.341 e. The minimum absolute atomic E-state index is 0.117. The normalized spacial score (nSPS) is 16.3. The zero-order valence-electron chi connectivity index (χ0n) is 12.6. The third-order valence-electron chi connectivity index (χ3n) is 3.88. The van der Waals surface area contributed by atoms with Crippen molar-refractivity contribution in [2.24, 2.45) is 0 Å². The van der Waals surface area contributed by atoms with Gasteiger partial charge in [0.2, 0.25) is 15.9 Å². The number of benzene rings is 1. The average molecular weight is 310 g/mol. The molecule has 1 aromatic rings. The Kier molecular flexibility index (Phi) is 5.00. The van der Waals surface area contributed by atoms with E-state index in [0.29, 0.717) is 13.0 Å². The molecule has 0 atom stereocenters. The van der Waals surface area contributed by atoms with Crippen molar-refractivity contribution in [2.45, 2.75) is 38.0 Å². The van der Waals surface area contributed by atoms with Crippen molar-refractivity contribution in [3.8, 4) is 0 Å². The molecule has 5 nitrogen and oxygen atoms in total. The maximum absolute atomic E-state index is 12.2. The van der Waals surface area contributed by atoms with Crippen molar-refractivity contribution in [1.82, 2.24) is 9.62 Å². The molecule has 1 aliphatic heterocycles. The Morgan fingerprint density at radius 1 is 1.19 bits per heavy atom. The molecule has 1 aliphatic rings. The molecule has 1 saturated heterocycles. The number of aryl methyl sites for hydroxylation is 2. The Morgan fingerprint density at radius 3 is 2.62 bits per heavy atom. The van der Waals surface area contributed by atoms with E-state index in [0.717, 1.165) is 30.5 Å². The molecule has 0 spiro atoms. The summed E-state index contributed by atoms with van der Waals surface area (Å²) in [5.41, 5.74) is 2.01. The van der Waals surface area contributed by atoms with E-state index in [-0.39, 0.29) is 17.3 Å². The van der Waals surface area contributed by atoms with Crippen LogP contribution in [-0.2, 0) is 14.8 Å². The second-order valence-corrected chi connectivity index (χ2v) is 7.25. The molecule has 1 aromatic carbocycles. The van der Waals surface area contributed by atoms with E-state index >= 15 is 0 Å². The number of likely N-dealkylation sites (tertiary alicyclic amines) is 1. The first-order valence-electron chi connectivity index (χ1n) is 7.25. The van der Waals surface area contributed by atoms with Gasteiger partial charge in [0, 0.05) is 26.1 Å². The first kappa shape index (κ1) is 16.0. The van der Waals surface area contributed by atoms with Crippen LogP contribution in [0.4, 0.5) is 0 Å². The van der Waals surface area contributed by atoms with Crippen molar-refractivity contribution in [3.63, 3.8) is 0 Å². The summed E-state index contributed by atoms with van der Waals surface area (Å²) in [4.78, 5) is 13.7. The summed E-state index contributed by atoms with van der Waals surface area (Å²) in [5.74, 6) is 0.117. The van der Waals surface area contributed by atoms with Crippen molar-refractivity contribution in [3.05, 3.63) is 29.3 Å². The Morgan fingerprint density at radius 2 is 1.95 bits per heavy atom. The predicted molar refractivity (Wildman–Crippen MR) is 81.5 cm³/mol. The lowest BCUT2D eigenvalue weighted by Crippen LogP contribution is -2.41. The topological polar surface area (TPSA) is 66.5 Å². The molecule has 0 saturated carbocycles. The highest BCUT2D eigenvalue weighted by Crippen LogP contribution is 2.14. The van der Waals surface area contributed by atoms with Gasteiger partial charge in [-0.2, -0.15) is 0 Å². The van der Waals surface area contributed by atoms with Crippen LogP contribution >= 0.6 is 0 Å². The van der Waals surface area contributed by atoms with Crippen LogP contribution in [0.1, 0.15) is 30.4 Å². The average Bonchev–Trinajstić information content (AvgIpc) is 2.44. The Hall–Kier alpha value is -1.40. The van der Waals surface area contributed by atoms with Crippen LogP contribution in [0.5, 0.6) is 0 Å². The van der Waals surface area contributed by atoms with E-state index in [2.05, 4.69) is 4.72 Å². The molecule has 0 radical (unpaired) electrons. The summed E-state index contributed by atoms with van der Waals surface area (Å²) in [5, 5.41) is 0. The highest BCUT2D eigenvalue weighted by atomic mass is 32.2. The molecule has 0 aromatic heterocycles. The van der Waals surface area contributed by atoms with Gasteiger partial charge in [0.15, 0.2) is 0 Å². The van der Waals surface area contributed by atoms with Gasteiger partial charge in [0.25, 0.3) is 0 Å². The number of carbonyl (C=O) groups excluding carboxylic acids is 1. The molecule has 1 fully saturated rings. The highest BCUT2D eigenvalue weighted by molar-refractivity contribution is 7.89. The number of hydrogen-bond donors (Lipinski definition) is 1. The maximum Gasteiger partial charge on any atom is 0.240 e. The van der Waals surface area contributed by atoms with Crippen LogP contribution < -0.4 is 4.72 Å². The van der Waals surface area contributed by atoms with Crippen LogP contribution in [0.2, 0.25) is 0 Å². The fourth-order valence-corrected chi connectivity index (χ4v) is 3.48. The van der Waals surface area contributed by atoms with Crippen molar-refractivity contribution in [1.29, 1.82) is 0 Å². The smallest absolute Gasteiger partial charge is 0.240 e. The monoisotopic (exact) mass is 310 g/mol. The van der Waals surface area contributed by atoms with E-state index in [1.807, 2.05) is 13.8 Å². The number of hydrogen-bond acceptors (Lipinski definition) is 3. The molecule has 0 bridgehead atoms. The maximum atomic E-state index is 12.2. The van der Waals surface area contributed by atoms with Gasteiger partial charge < -0.3 is 4.90 Å². The summed E-state index contributed by atoms with van der Waals surface area (Å²) in [7, 11) is -3.51. The summed E-state index contributed by atoms with van der Waals surface area (Å²) >= 11 is 0. The number of nitrogens with zero attached hydrogens (tertiary/aromatic N) is 1. The first-order valence-corrected chi connectivity index (χ1v) is 8.73. The summed E-state index contributed by atoms with van der Waals surface area (Å²) < 4.78 is 27.0. The molecule has 1 heterocycles. The Balaban J connectivity index is 1.94. The predicted octanol–water partition coefficient (Wildman–Crippen LogP) is 1.59. The fourth-order valence-electron chi connectivity index (χ4n) is 2.38. The molecule has 0 unspecified atom stereocenters. The molecule has 2 rings (SSSR count). The standard InChI is InChI=1S/C15H22N2O3S/c1-12-6-7-14(11-13(12)2)21(19,20)16-8-10-17-9-4-3-5-15(17)18/h6-7,11,16H,3-5,8-10H2,1-2H3. The van der Waals surface area contributed by atoms with E-state index < -0.39 is 10.0 Å². The second-order valence-electron chi connectivity index (χ2n) is 5.48. The molecule has 1 N–H and O–H groups in total. The molecular formula is C15H22N2O3S. The minimum atomic E-state index is -3.51. The van der Waals surface area contributed by atoms with Crippen molar-refractivity contribution < 1.29 is 13.2 Å². The van der Waals surface area contributed by atoms with Gasteiger partial charge in [-0.05, 0) is 49.9 Å².